The van der Waals surface area contributed by atoms with Gasteiger partial charge in [0.05, 0.1) is 0 Å². The van der Waals surface area contributed by atoms with Gasteiger partial charge in [-0.1, -0.05) is 113 Å². The molecule has 0 spiro atoms. The van der Waals surface area contributed by atoms with Crippen LogP contribution in [0.3, 0.4) is 0 Å². The zero-order chi connectivity index (χ0) is 32.9. The van der Waals surface area contributed by atoms with Gasteiger partial charge < -0.3 is 9.05 Å². The van der Waals surface area contributed by atoms with Crippen molar-refractivity contribution >= 4 is 29.3 Å². The van der Waals surface area contributed by atoms with Crippen LogP contribution in [0.15, 0.2) is 91.0 Å². The maximum absolute atomic E-state index is 14.4. The van der Waals surface area contributed by atoms with Crippen LogP contribution < -0.4 is 14.6 Å². The molecule has 6 aromatic carbocycles. The van der Waals surface area contributed by atoms with Crippen LogP contribution >= 0.6 is 7.75 Å². The van der Waals surface area contributed by atoms with Crippen LogP contribution in [0, 0.1) is 0 Å². The van der Waals surface area contributed by atoms with Crippen LogP contribution in [-0.4, -0.2) is 0 Å². The van der Waals surface area contributed by atoms with Gasteiger partial charge in [-0.15, -0.1) is 0 Å². The highest BCUT2D eigenvalue weighted by Gasteiger charge is 2.37. The topological polar surface area (TPSA) is 61.5 Å². The SMILES string of the molecule is CCc1ccc(-c2cc3ccccc3c3c2OP(N)(=O)Oc2c(-c4c(CC)cc(CC)cc4CC)cc4ccccc4c2-3)c(CC)c1. The van der Waals surface area contributed by atoms with Gasteiger partial charge in [0.2, 0.25) is 0 Å². The number of hydrogen-bond acceptors (Lipinski definition) is 3. The predicted octanol–water partition coefficient (Wildman–Crippen LogP) is 11.6. The molecule has 0 aliphatic carbocycles. The van der Waals surface area contributed by atoms with Crippen LogP contribution in [0.1, 0.15) is 62.4 Å². The molecule has 238 valence electrons. The van der Waals surface area contributed by atoms with E-state index in [0.29, 0.717) is 11.5 Å². The zero-order valence-corrected chi connectivity index (χ0v) is 28.8. The molecule has 1 heterocycles. The van der Waals surface area contributed by atoms with Crippen molar-refractivity contribution in [3.63, 3.8) is 0 Å². The van der Waals surface area contributed by atoms with E-state index in [2.05, 4.69) is 113 Å². The Balaban J connectivity index is 1.69. The first kappa shape index (κ1) is 31.2. The Labute approximate surface area is 278 Å². The monoisotopic (exact) mass is 639 g/mol. The molecule has 0 bridgehead atoms. The molecule has 1 unspecified atom stereocenters. The Kier molecular flexibility index (Phi) is 8.20. The molecular formula is C42H42NO3P. The summed E-state index contributed by atoms with van der Waals surface area (Å²) < 4.78 is 27.4. The third-order valence-corrected chi connectivity index (χ3v) is 10.6. The van der Waals surface area contributed by atoms with Gasteiger partial charge in [0.25, 0.3) is 0 Å². The van der Waals surface area contributed by atoms with Gasteiger partial charge in [0, 0.05) is 22.3 Å². The lowest BCUT2D eigenvalue weighted by molar-refractivity contribution is 0.394. The van der Waals surface area contributed by atoms with Crippen molar-refractivity contribution in [3.8, 4) is 44.9 Å². The molecule has 47 heavy (non-hydrogen) atoms. The number of aryl methyl sites for hydroxylation is 5. The quantitative estimate of drug-likeness (QED) is 0.177. The standard InChI is InChI=1S/C42H42NO3P/c1-6-26-19-20-33(28(8-3)21-26)36-24-31-15-11-13-17-34(31)39-40-35-18-14-12-16-32(35)25-37(42(40)46-47(43,44)45-41(36)39)38-29(9-4)22-27(7-2)23-30(38)10-5/h11-25H,6-10H2,1-5H3,(H2,43,44). The summed E-state index contributed by atoms with van der Waals surface area (Å²) >= 11 is 0. The Morgan fingerprint density at radius 3 is 1.53 bits per heavy atom. The van der Waals surface area contributed by atoms with Crippen LogP contribution in [0.2, 0.25) is 0 Å². The van der Waals surface area contributed by atoms with Crippen molar-refractivity contribution in [1.82, 2.24) is 0 Å². The van der Waals surface area contributed by atoms with E-state index in [1.165, 1.54) is 27.8 Å². The third-order valence-electron chi connectivity index (χ3n) is 9.74. The molecule has 1 aliphatic heterocycles. The fourth-order valence-corrected chi connectivity index (χ4v) is 8.30. The lowest BCUT2D eigenvalue weighted by Gasteiger charge is -2.22. The Morgan fingerprint density at radius 1 is 0.511 bits per heavy atom. The summed E-state index contributed by atoms with van der Waals surface area (Å²) in [4.78, 5) is 0. The van der Waals surface area contributed by atoms with Crippen molar-refractivity contribution < 1.29 is 13.6 Å². The van der Waals surface area contributed by atoms with E-state index in [0.717, 1.165) is 87.0 Å². The molecule has 2 N–H and O–H groups in total. The van der Waals surface area contributed by atoms with Crippen LogP contribution in [0.4, 0.5) is 0 Å². The van der Waals surface area contributed by atoms with E-state index in [-0.39, 0.29) is 0 Å². The van der Waals surface area contributed by atoms with Gasteiger partial charge in [-0.25, -0.2) is 10.1 Å². The summed E-state index contributed by atoms with van der Waals surface area (Å²) in [5, 5.41) is 4.13. The van der Waals surface area contributed by atoms with Gasteiger partial charge in [0.1, 0.15) is 11.5 Å². The molecule has 0 saturated carbocycles. The molecule has 0 saturated heterocycles. The highest BCUT2D eigenvalue weighted by Crippen LogP contribution is 2.61. The molecule has 1 aliphatic rings. The van der Waals surface area contributed by atoms with E-state index in [1.54, 1.807) is 0 Å². The second kappa shape index (κ2) is 12.3. The molecule has 1 atom stereocenters. The summed E-state index contributed by atoms with van der Waals surface area (Å²) in [6, 6.07) is 32.3. The van der Waals surface area contributed by atoms with Crippen molar-refractivity contribution in [2.24, 2.45) is 5.50 Å². The van der Waals surface area contributed by atoms with E-state index >= 15 is 0 Å². The minimum absolute atomic E-state index is 0.502. The molecule has 5 heteroatoms. The van der Waals surface area contributed by atoms with Gasteiger partial charge >= 0.3 is 7.75 Å². The average molecular weight is 640 g/mol. The molecule has 4 nitrogen and oxygen atoms in total. The maximum atomic E-state index is 14.4. The average Bonchev–Trinajstić information content (AvgIpc) is 3.23. The molecule has 6 aromatic rings. The van der Waals surface area contributed by atoms with Crippen LogP contribution in [-0.2, 0) is 36.7 Å². The number of nitrogens with two attached hydrogens (primary N) is 1. The fraction of sp³-hybridized carbons (Fsp3) is 0.238. The van der Waals surface area contributed by atoms with Crippen LogP contribution in [0.25, 0.3) is 54.9 Å². The number of rotatable bonds is 7. The smallest absolute Gasteiger partial charge is 0.403 e. The normalized spacial score (nSPS) is 15.5. The molecule has 0 aromatic heterocycles. The summed E-state index contributed by atoms with van der Waals surface area (Å²) in [5.41, 5.74) is 18.5. The minimum atomic E-state index is -4.15. The lowest BCUT2D eigenvalue weighted by Crippen LogP contribution is -2.09. The van der Waals surface area contributed by atoms with E-state index < -0.39 is 7.75 Å². The second-order valence-corrected chi connectivity index (χ2v) is 13.9. The van der Waals surface area contributed by atoms with Gasteiger partial charge in [0.15, 0.2) is 0 Å². The van der Waals surface area contributed by atoms with Crippen molar-refractivity contribution in [2.75, 3.05) is 0 Å². The number of hydrogen-bond donors (Lipinski definition) is 1. The second-order valence-electron chi connectivity index (χ2n) is 12.5. The third kappa shape index (κ3) is 5.34. The van der Waals surface area contributed by atoms with E-state index in [9.17, 15) is 4.57 Å². The van der Waals surface area contributed by atoms with Crippen molar-refractivity contribution in [1.29, 1.82) is 0 Å². The Morgan fingerprint density at radius 2 is 1.00 bits per heavy atom. The number of fused-ring (bicyclic) bond motifs is 7. The first-order chi connectivity index (χ1) is 22.8. The van der Waals surface area contributed by atoms with Crippen molar-refractivity contribution in [2.45, 2.75) is 66.7 Å². The first-order valence-corrected chi connectivity index (χ1v) is 18.6. The molecule has 0 fully saturated rings. The van der Waals surface area contributed by atoms with Gasteiger partial charge in [-0.3, -0.25) is 0 Å². The minimum Gasteiger partial charge on any atom is -0.403 e. The first-order valence-electron chi connectivity index (χ1n) is 17.0. The summed E-state index contributed by atoms with van der Waals surface area (Å²) in [6.45, 7) is 10.9. The fourth-order valence-electron chi connectivity index (χ4n) is 7.37. The molecule has 0 radical (unpaired) electrons. The van der Waals surface area contributed by atoms with Crippen LogP contribution in [0.5, 0.6) is 11.5 Å². The lowest BCUT2D eigenvalue weighted by atomic mass is 9.83. The molecule has 0 amide bonds. The van der Waals surface area contributed by atoms with E-state index in [4.69, 9.17) is 14.6 Å². The highest BCUT2D eigenvalue weighted by molar-refractivity contribution is 7.52. The summed E-state index contributed by atoms with van der Waals surface area (Å²) in [6.07, 6.45) is 4.46. The highest BCUT2D eigenvalue weighted by atomic mass is 31.2. The predicted molar refractivity (Wildman–Crippen MR) is 198 cm³/mol. The molecule has 7 rings (SSSR count). The van der Waals surface area contributed by atoms with Gasteiger partial charge in [-0.2, -0.15) is 0 Å². The maximum Gasteiger partial charge on any atom is 0.510 e. The Bertz CT molecular complexity index is 2210. The van der Waals surface area contributed by atoms with Crippen molar-refractivity contribution in [3.05, 3.63) is 119 Å². The summed E-state index contributed by atoms with van der Waals surface area (Å²) in [5.74, 6) is 1.02. The Hall–Kier alpha value is -4.37. The molecular weight excluding hydrogens is 597 g/mol. The largest absolute Gasteiger partial charge is 0.510 e. The number of benzene rings is 6. The van der Waals surface area contributed by atoms with E-state index in [1.807, 2.05) is 12.1 Å². The zero-order valence-electron chi connectivity index (χ0n) is 27.9. The van der Waals surface area contributed by atoms with Gasteiger partial charge in [-0.05, 0) is 105 Å². The summed E-state index contributed by atoms with van der Waals surface area (Å²) in [7, 11) is -4.15.